The highest BCUT2D eigenvalue weighted by Crippen LogP contribution is 2.33. The fourth-order valence-electron chi connectivity index (χ4n) is 3.56. The number of aliphatic hydroxyl groups excluding tert-OH is 1. The van der Waals surface area contributed by atoms with Crippen LogP contribution in [0.15, 0.2) is 11.5 Å². The lowest BCUT2D eigenvalue weighted by Crippen LogP contribution is -2.60. The number of aliphatic hydroxyl groups is 1. The summed E-state index contributed by atoms with van der Waals surface area (Å²) in [5, 5.41) is 16.2. The zero-order chi connectivity index (χ0) is 21.4. The largest absolute Gasteiger partial charge is 0.507 e. The molecule has 2 rings (SSSR count). The van der Waals surface area contributed by atoms with Gasteiger partial charge < -0.3 is 20.5 Å². The molecule has 162 valence electrons. The molecule has 0 aromatic carbocycles. The van der Waals surface area contributed by atoms with Gasteiger partial charge in [-0.05, 0) is 39.0 Å². The maximum Gasteiger partial charge on any atom is 0.315 e. The first-order chi connectivity index (χ1) is 12.7. The monoisotopic (exact) mass is 416 g/mol. The van der Waals surface area contributed by atoms with E-state index in [-0.39, 0.29) is 11.5 Å². The van der Waals surface area contributed by atoms with Crippen molar-refractivity contribution in [3.8, 4) is 0 Å². The summed E-state index contributed by atoms with van der Waals surface area (Å²) in [7, 11) is -3.40. The van der Waals surface area contributed by atoms with Crippen LogP contribution in [-0.4, -0.2) is 48.2 Å². The van der Waals surface area contributed by atoms with Crippen molar-refractivity contribution < 1.29 is 23.1 Å². The van der Waals surface area contributed by atoms with E-state index in [9.17, 15) is 18.3 Å². The van der Waals surface area contributed by atoms with Crippen LogP contribution in [0.1, 0.15) is 73.6 Å². The highest BCUT2D eigenvalue weighted by Gasteiger charge is 2.43. The molecule has 2 amide bonds. The molecule has 1 heterocycles. The second-order valence-electron chi connectivity index (χ2n) is 10.2. The first-order valence-corrected chi connectivity index (χ1v) is 11.7. The van der Waals surface area contributed by atoms with Crippen LogP contribution in [0.3, 0.4) is 0 Å². The van der Waals surface area contributed by atoms with E-state index in [2.05, 4.69) is 10.6 Å². The Labute approximate surface area is 169 Å². The summed E-state index contributed by atoms with van der Waals surface area (Å²) in [6.45, 7) is 11.2. The third-order valence-corrected chi connectivity index (χ3v) is 8.38. The second kappa shape index (κ2) is 7.76. The normalized spacial score (nSPS) is 22.6. The fourth-order valence-corrected chi connectivity index (χ4v) is 5.08. The predicted molar refractivity (Wildman–Crippen MR) is 110 cm³/mol. The van der Waals surface area contributed by atoms with Crippen molar-refractivity contribution in [1.29, 1.82) is 0 Å². The third kappa shape index (κ3) is 5.55. The summed E-state index contributed by atoms with van der Waals surface area (Å²) in [6.07, 6.45) is 4.06. The van der Waals surface area contributed by atoms with Crippen molar-refractivity contribution >= 4 is 15.9 Å². The van der Waals surface area contributed by atoms with E-state index in [1.54, 1.807) is 20.8 Å². The number of rotatable bonds is 5. The Morgan fingerprint density at radius 1 is 1.14 bits per heavy atom. The minimum absolute atomic E-state index is 0.0302. The van der Waals surface area contributed by atoms with Crippen molar-refractivity contribution in [3.63, 3.8) is 0 Å². The number of sulfone groups is 1. The van der Waals surface area contributed by atoms with Gasteiger partial charge in [-0.2, -0.15) is 0 Å². The van der Waals surface area contributed by atoms with E-state index < -0.39 is 37.6 Å². The van der Waals surface area contributed by atoms with Gasteiger partial charge in [0, 0.05) is 0 Å². The van der Waals surface area contributed by atoms with Crippen molar-refractivity contribution in [1.82, 2.24) is 10.6 Å². The summed E-state index contributed by atoms with van der Waals surface area (Å²) in [6, 6.07) is -1.08. The molecule has 2 aliphatic rings. The molecule has 1 aliphatic heterocycles. The van der Waals surface area contributed by atoms with Gasteiger partial charge in [-0.15, -0.1) is 0 Å². The molecule has 7 nitrogen and oxygen atoms in total. The quantitative estimate of drug-likeness (QED) is 0.470. The van der Waals surface area contributed by atoms with Gasteiger partial charge in [-0.3, -0.25) is 0 Å². The van der Waals surface area contributed by atoms with Gasteiger partial charge in [-0.25, -0.2) is 13.2 Å². The first-order valence-electron chi connectivity index (χ1n) is 10.0. The summed E-state index contributed by atoms with van der Waals surface area (Å²) in [5.74, 6) is 0.443. The smallest absolute Gasteiger partial charge is 0.315 e. The Bertz CT molecular complexity index is 717. The Hall–Kier alpha value is -1.44. The number of carbonyl (C=O) groups excluding carboxylic acids is 1. The maximum atomic E-state index is 12.9. The van der Waals surface area contributed by atoms with Gasteiger partial charge in [0.1, 0.15) is 6.61 Å². The Balaban J connectivity index is 2.20. The molecule has 1 saturated carbocycles. The van der Waals surface area contributed by atoms with E-state index in [0.29, 0.717) is 25.2 Å². The van der Waals surface area contributed by atoms with Crippen molar-refractivity contribution in [3.05, 3.63) is 11.5 Å². The fraction of sp³-hybridized carbons (Fsp3) is 0.850. The van der Waals surface area contributed by atoms with Crippen molar-refractivity contribution in [2.45, 2.75) is 90.0 Å². The van der Waals surface area contributed by atoms with Crippen LogP contribution in [0.5, 0.6) is 0 Å². The van der Waals surface area contributed by atoms with Crippen LogP contribution < -0.4 is 10.6 Å². The zero-order valence-electron chi connectivity index (χ0n) is 18.0. The molecule has 3 N–H and O–H groups in total. The number of ether oxygens (including phenoxy) is 1. The third-order valence-electron chi connectivity index (χ3n) is 5.58. The van der Waals surface area contributed by atoms with Crippen LogP contribution in [0.2, 0.25) is 0 Å². The van der Waals surface area contributed by atoms with Crippen LogP contribution in [0, 0.1) is 5.41 Å². The lowest BCUT2D eigenvalue weighted by molar-refractivity contribution is 0.185. The zero-order valence-corrected chi connectivity index (χ0v) is 18.8. The summed E-state index contributed by atoms with van der Waals surface area (Å²) < 4.78 is 29.9. The molecule has 1 atom stereocenters. The van der Waals surface area contributed by atoms with Gasteiger partial charge in [0.2, 0.25) is 0 Å². The van der Waals surface area contributed by atoms with Gasteiger partial charge in [0.15, 0.2) is 21.4 Å². The van der Waals surface area contributed by atoms with E-state index in [1.807, 2.05) is 20.8 Å². The highest BCUT2D eigenvalue weighted by atomic mass is 32.2. The van der Waals surface area contributed by atoms with Gasteiger partial charge >= 0.3 is 6.03 Å². The van der Waals surface area contributed by atoms with Gasteiger partial charge in [-0.1, -0.05) is 40.0 Å². The minimum Gasteiger partial charge on any atom is -0.507 e. The number of urea groups is 1. The Morgan fingerprint density at radius 2 is 1.68 bits per heavy atom. The summed E-state index contributed by atoms with van der Waals surface area (Å²) in [5.41, 5.74) is -1.21. The highest BCUT2D eigenvalue weighted by molar-refractivity contribution is 7.92. The molecule has 0 bridgehead atoms. The standard InChI is InChI=1S/C20H36N2O5S/c1-18(2,3)16(15(23)14-12-27-14)21-17(24)22-20(10-8-7-9-11-20)13-28(25,26)19(4,5)6/h16,23H,7-13H2,1-6H3,(H2,21,22,24)/b15-14-/t16-/m1/s1. The number of nitrogens with one attached hydrogen (secondary N) is 2. The number of hydrogen-bond acceptors (Lipinski definition) is 5. The van der Waals surface area contributed by atoms with Gasteiger partial charge in [0.05, 0.1) is 22.1 Å². The number of carbonyl (C=O) groups is 1. The van der Waals surface area contributed by atoms with E-state index in [1.165, 1.54) is 0 Å². The van der Waals surface area contributed by atoms with E-state index in [4.69, 9.17) is 4.74 Å². The molecular formula is C20H36N2O5S. The SMILES string of the molecule is CC(C)(C)[C@H](NC(=O)NC1(CS(=O)(=O)C(C)(C)C)CCCCC1)/C(O)=C1\CO1. The molecule has 0 spiro atoms. The average Bonchev–Trinajstić information content (AvgIpc) is 3.34. The molecular weight excluding hydrogens is 380 g/mol. The van der Waals surface area contributed by atoms with Crippen LogP contribution in [0.4, 0.5) is 4.79 Å². The molecule has 8 heteroatoms. The van der Waals surface area contributed by atoms with Gasteiger partial charge in [0.25, 0.3) is 0 Å². The minimum atomic E-state index is -3.40. The molecule has 0 radical (unpaired) electrons. The maximum absolute atomic E-state index is 12.9. The van der Waals surface area contributed by atoms with Crippen LogP contribution >= 0.6 is 0 Å². The van der Waals surface area contributed by atoms with Crippen LogP contribution in [0.25, 0.3) is 0 Å². The lowest BCUT2D eigenvalue weighted by Gasteiger charge is -2.40. The van der Waals surface area contributed by atoms with Crippen molar-refractivity contribution in [2.24, 2.45) is 5.41 Å². The topological polar surface area (TPSA) is 108 Å². The average molecular weight is 417 g/mol. The molecule has 2 fully saturated rings. The Morgan fingerprint density at radius 3 is 2.11 bits per heavy atom. The molecule has 28 heavy (non-hydrogen) atoms. The predicted octanol–water partition coefficient (Wildman–Crippen LogP) is 3.42. The van der Waals surface area contributed by atoms with Crippen LogP contribution in [-0.2, 0) is 14.6 Å². The van der Waals surface area contributed by atoms with Crippen molar-refractivity contribution in [2.75, 3.05) is 12.4 Å². The number of hydrogen-bond donors (Lipinski definition) is 3. The molecule has 0 aromatic rings. The molecule has 1 aliphatic carbocycles. The summed E-state index contributed by atoms with van der Waals surface area (Å²) in [4.78, 5) is 12.9. The second-order valence-corrected chi connectivity index (χ2v) is 12.9. The number of amides is 2. The van der Waals surface area contributed by atoms with E-state index in [0.717, 1.165) is 19.3 Å². The number of epoxide rings is 1. The Kier molecular flexibility index (Phi) is 6.34. The van der Waals surface area contributed by atoms with E-state index >= 15 is 0 Å². The molecule has 0 unspecified atom stereocenters. The molecule has 1 saturated heterocycles. The molecule has 0 aromatic heterocycles. The lowest BCUT2D eigenvalue weighted by atomic mass is 9.83. The summed E-state index contributed by atoms with van der Waals surface area (Å²) >= 11 is 0. The first kappa shape index (κ1) is 22.8.